The molecule has 0 aliphatic heterocycles. The summed E-state index contributed by atoms with van der Waals surface area (Å²) in [5.41, 5.74) is -0.0644. The lowest BCUT2D eigenvalue weighted by Crippen LogP contribution is -2.61. The van der Waals surface area contributed by atoms with E-state index in [4.69, 9.17) is 0 Å². The number of amides is 1. The number of carbonyl (C=O) groups is 1. The fourth-order valence-electron chi connectivity index (χ4n) is 2.87. The van der Waals surface area contributed by atoms with Crippen LogP contribution in [-0.4, -0.2) is 26.6 Å². The van der Waals surface area contributed by atoms with Crippen molar-refractivity contribution in [2.24, 2.45) is 0 Å². The maximum atomic E-state index is 11.7. The maximum absolute atomic E-state index is 11.7. The monoisotopic (exact) mass is 326 g/mol. The summed E-state index contributed by atoms with van der Waals surface area (Å²) in [5.74, 6) is 0. The quantitative estimate of drug-likeness (QED) is 0.893. The van der Waals surface area contributed by atoms with Crippen LogP contribution in [0.25, 0.3) is 0 Å². The second-order valence-electron chi connectivity index (χ2n) is 6.04. The van der Waals surface area contributed by atoms with Crippen LogP contribution in [0.5, 0.6) is 0 Å². The molecular weight excluding hydrogens is 308 g/mol. The number of rotatable bonds is 2. The molecule has 0 radical (unpaired) electrons. The summed E-state index contributed by atoms with van der Waals surface area (Å²) < 4.78 is 0.906. The fraction of sp³-hybridized carbons (Fsp3) is 0.571. The van der Waals surface area contributed by atoms with Crippen LogP contribution in [0.1, 0.15) is 45.7 Å². The van der Waals surface area contributed by atoms with Gasteiger partial charge in [0.25, 0.3) is 0 Å². The molecule has 1 amide bonds. The molecule has 1 aliphatic carbocycles. The van der Waals surface area contributed by atoms with E-state index in [-0.39, 0.29) is 0 Å². The molecule has 0 spiro atoms. The first-order chi connectivity index (χ1) is 8.77. The van der Waals surface area contributed by atoms with Crippen molar-refractivity contribution >= 4 is 22.0 Å². The minimum absolute atomic E-state index is 0.443. The number of hydrogen-bond acceptors (Lipinski definition) is 2. The number of aromatic nitrogens is 1. The number of pyridine rings is 1. The standard InChI is InChI=1S/C14H19BrN2O2/c1-13(2,3)17(12(18)19)14(7-4-8-14)11-6-5-10(15)9-16-11/h5-6,9H,4,7-8H2,1-3H3,(H,18,19). The molecule has 1 fully saturated rings. The minimum Gasteiger partial charge on any atom is -0.465 e. The average Bonchev–Trinajstić information content (AvgIpc) is 2.22. The number of hydrogen-bond donors (Lipinski definition) is 1. The van der Waals surface area contributed by atoms with Crippen molar-refractivity contribution in [1.82, 2.24) is 9.88 Å². The van der Waals surface area contributed by atoms with Gasteiger partial charge in [0.05, 0.1) is 11.2 Å². The Kier molecular flexibility index (Phi) is 3.60. The average molecular weight is 327 g/mol. The van der Waals surface area contributed by atoms with E-state index in [1.165, 1.54) is 0 Å². The van der Waals surface area contributed by atoms with Crippen LogP contribution in [0, 0.1) is 0 Å². The Labute approximate surface area is 122 Å². The van der Waals surface area contributed by atoms with Gasteiger partial charge in [0.2, 0.25) is 0 Å². The van der Waals surface area contributed by atoms with E-state index in [0.29, 0.717) is 0 Å². The molecule has 0 aromatic carbocycles. The predicted molar refractivity (Wildman–Crippen MR) is 77.1 cm³/mol. The largest absolute Gasteiger partial charge is 0.465 e. The highest BCUT2D eigenvalue weighted by Crippen LogP contribution is 2.48. The number of carboxylic acid groups (broad SMARTS) is 1. The van der Waals surface area contributed by atoms with Crippen LogP contribution < -0.4 is 0 Å². The third-order valence-corrected chi connectivity index (χ3v) is 4.14. The molecule has 1 N–H and O–H groups in total. The van der Waals surface area contributed by atoms with Crippen molar-refractivity contribution in [2.45, 2.75) is 51.1 Å². The molecule has 2 rings (SSSR count). The highest BCUT2D eigenvalue weighted by molar-refractivity contribution is 9.10. The molecule has 0 bridgehead atoms. The van der Waals surface area contributed by atoms with Crippen LogP contribution in [0.15, 0.2) is 22.8 Å². The third kappa shape index (κ3) is 2.48. The second-order valence-corrected chi connectivity index (χ2v) is 6.95. The van der Waals surface area contributed by atoms with Gasteiger partial charge >= 0.3 is 6.09 Å². The molecule has 0 atom stereocenters. The Balaban J connectivity index is 2.47. The van der Waals surface area contributed by atoms with E-state index in [0.717, 1.165) is 29.4 Å². The van der Waals surface area contributed by atoms with Gasteiger partial charge in [-0.1, -0.05) is 0 Å². The highest BCUT2D eigenvalue weighted by atomic mass is 79.9. The van der Waals surface area contributed by atoms with E-state index in [2.05, 4.69) is 20.9 Å². The SMILES string of the molecule is CC(C)(C)N(C(=O)O)C1(c2ccc(Br)cn2)CCC1. The van der Waals surface area contributed by atoms with Crippen molar-refractivity contribution in [1.29, 1.82) is 0 Å². The van der Waals surface area contributed by atoms with Crippen molar-refractivity contribution in [3.05, 3.63) is 28.5 Å². The summed E-state index contributed by atoms with van der Waals surface area (Å²) in [5, 5.41) is 9.61. The third-order valence-electron chi connectivity index (χ3n) is 3.68. The van der Waals surface area contributed by atoms with E-state index in [9.17, 15) is 9.90 Å². The predicted octanol–water partition coefficient (Wildman–Crippen LogP) is 4.00. The Morgan fingerprint density at radius 1 is 1.42 bits per heavy atom. The highest BCUT2D eigenvalue weighted by Gasteiger charge is 2.51. The molecule has 4 nitrogen and oxygen atoms in total. The molecular formula is C14H19BrN2O2. The molecule has 1 aromatic rings. The molecule has 1 aromatic heterocycles. The molecule has 0 unspecified atom stereocenters. The summed E-state index contributed by atoms with van der Waals surface area (Å²) in [6, 6.07) is 3.84. The van der Waals surface area contributed by atoms with Gasteiger partial charge in [-0.25, -0.2) is 4.79 Å². The molecule has 5 heteroatoms. The van der Waals surface area contributed by atoms with E-state index < -0.39 is 17.2 Å². The van der Waals surface area contributed by atoms with Gasteiger partial charge in [0.1, 0.15) is 0 Å². The molecule has 19 heavy (non-hydrogen) atoms. The zero-order valence-corrected chi connectivity index (χ0v) is 13.1. The van der Waals surface area contributed by atoms with Gasteiger partial charge in [0.15, 0.2) is 0 Å². The Morgan fingerprint density at radius 2 is 2.05 bits per heavy atom. The summed E-state index contributed by atoms with van der Waals surface area (Å²) >= 11 is 3.37. The summed E-state index contributed by atoms with van der Waals surface area (Å²) in [4.78, 5) is 17.7. The van der Waals surface area contributed by atoms with Gasteiger partial charge in [-0.3, -0.25) is 9.88 Å². The lowest BCUT2D eigenvalue weighted by Gasteiger charge is -2.53. The molecule has 1 heterocycles. The van der Waals surface area contributed by atoms with Gasteiger partial charge in [-0.15, -0.1) is 0 Å². The van der Waals surface area contributed by atoms with Gasteiger partial charge in [-0.2, -0.15) is 0 Å². The lowest BCUT2D eigenvalue weighted by atomic mass is 9.71. The zero-order chi connectivity index (χ0) is 14.3. The molecule has 1 aliphatic rings. The molecule has 0 saturated heterocycles. The van der Waals surface area contributed by atoms with Crippen molar-refractivity contribution in [3.8, 4) is 0 Å². The Bertz CT molecular complexity index is 475. The van der Waals surface area contributed by atoms with Gasteiger partial charge in [-0.05, 0) is 68.1 Å². The van der Waals surface area contributed by atoms with Crippen molar-refractivity contribution in [3.63, 3.8) is 0 Å². The summed E-state index contributed by atoms with van der Waals surface area (Å²) in [7, 11) is 0. The van der Waals surface area contributed by atoms with Crippen LogP contribution in [0.3, 0.4) is 0 Å². The first kappa shape index (κ1) is 14.3. The van der Waals surface area contributed by atoms with Crippen molar-refractivity contribution in [2.75, 3.05) is 0 Å². The topological polar surface area (TPSA) is 53.4 Å². The van der Waals surface area contributed by atoms with Crippen LogP contribution >= 0.6 is 15.9 Å². The van der Waals surface area contributed by atoms with Gasteiger partial charge in [0, 0.05) is 16.2 Å². The van der Waals surface area contributed by atoms with Crippen molar-refractivity contribution < 1.29 is 9.90 Å². The smallest absolute Gasteiger partial charge is 0.408 e. The number of nitrogens with zero attached hydrogens (tertiary/aromatic N) is 2. The van der Waals surface area contributed by atoms with E-state index in [1.807, 2.05) is 32.9 Å². The van der Waals surface area contributed by atoms with Crippen LogP contribution in [0.2, 0.25) is 0 Å². The summed E-state index contributed by atoms with van der Waals surface area (Å²) in [6.45, 7) is 5.79. The fourth-order valence-corrected chi connectivity index (χ4v) is 3.10. The Hall–Kier alpha value is -1.10. The molecule has 1 saturated carbocycles. The van der Waals surface area contributed by atoms with E-state index in [1.54, 1.807) is 11.1 Å². The first-order valence-corrected chi connectivity index (χ1v) is 7.22. The number of halogens is 1. The lowest BCUT2D eigenvalue weighted by molar-refractivity contribution is -0.0354. The zero-order valence-electron chi connectivity index (χ0n) is 11.5. The van der Waals surface area contributed by atoms with Crippen LogP contribution in [-0.2, 0) is 5.54 Å². The van der Waals surface area contributed by atoms with Gasteiger partial charge < -0.3 is 5.11 Å². The molecule has 104 valence electrons. The minimum atomic E-state index is -0.878. The maximum Gasteiger partial charge on any atom is 0.408 e. The van der Waals surface area contributed by atoms with E-state index >= 15 is 0 Å². The first-order valence-electron chi connectivity index (χ1n) is 6.43. The normalized spacial score (nSPS) is 17.7. The second kappa shape index (κ2) is 4.78. The van der Waals surface area contributed by atoms with Crippen LogP contribution in [0.4, 0.5) is 4.79 Å². The summed E-state index contributed by atoms with van der Waals surface area (Å²) in [6.07, 6.45) is 3.57. The Morgan fingerprint density at radius 3 is 2.37 bits per heavy atom.